The molecule has 0 aliphatic carbocycles. The smallest absolute Gasteiger partial charge is 0.188 e. The summed E-state index contributed by atoms with van der Waals surface area (Å²) in [6, 6.07) is 10.0. The van der Waals surface area contributed by atoms with Gasteiger partial charge in [0.05, 0.1) is 15.9 Å². The standard InChI is InChI=1S/C13H7BrClFN2S/c14-9-3-1-7(15)5-10(9)17-13-18-11-6-8(16)2-4-12(11)19-13/h1-6H,(H,17,18). The van der Waals surface area contributed by atoms with Crippen molar-refractivity contribution < 1.29 is 4.39 Å². The maximum atomic E-state index is 13.1. The van der Waals surface area contributed by atoms with Crippen LogP contribution in [0.5, 0.6) is 0 Å². The molecule has 0 aliphatic heterocycles. The Hall–Kier alpha value is -1.17. The number of thiazole rings is 1. The molecular formula is C13H7BrClFN2S. The topological polar surface area (TPSA) is 24.9 Å². The van der Waals surface area contributed by atoms with E-state index in [2.05, 4.69) is 26.2 Å². The minimum atomic E-state index is -0.284. The SMILES string of the molecule is Fc1ccc2sc(Nc3cc(Cl)ccc3Br)nc2c1. The van der Waals surface area contributed by atoms with E-state index in [0.29, 0.717) is 15.7 Å². The van der Waals surface area contributed by atoms with Crippen molar-refractivity contribution in [3.63, 3.8) is 0 Å². The zero-order valence-electron chi connectivity index (χ0n) is 9.45. The largest absolute Gasteiger partial charge is 0.331 e. The summed E-state index contributed by atoms with van der Waals surface area (Å²) in [6.45, 7) is 0. The first-order valence-corrected chi connectivity index (χ1v) is 7.39. The van der Waals surface area contributed by atoms with E-state index in [1.807, 2.05) is 6.07 Å². The molecule has 1 N–H and O–H groups in total. The van der Waals surface area contributed by atoms with Gasteiger partial charge in [-0.05, 0) is 46.3 Å². The Kier molecular flexibility index (Phi) is 3.43. The van der Waals surface area contributed by atoms with Gasteiger partial charge in [-0.25, -0.2) is 9.37 Å². The summed E-state index contributed by atoms with van der Waals surface area (Å²) >= 11 is 10.9. The molecule has 0 amide bonds. The van der Waals surface area contributed by atoms with Gasteiger partial charge in [0.2, 0.25) is 0 Å². The van der Waals surface area contributed by atoms with Gasteiger partial charge in [0.15, 0.2) is 5.13 Å². The third kappa shape index (κ3) is 2.73. The van der Waals surface area contributed by atoms with Crippen molar-refractivity contribution in [1.29, 1.82) is 0 Å². The van der Waals surface area contributed by atoms with Gasteiger partial charge < -0.3 is 5.32 Å². The fraction of sp³-hybridized carbons (Fsp3) is 0. The number of anilines is 2. The average molecular weight is 358 g/mol. The molecule has 96 valence electrons. The number of aromatic nitrogens is 1. The van der Waals surface area contributed by atoms with Crippen LogP contribution in [0.4, 0.5) is 15.2 Å². The Morgan fingerprint density at radius 3 is 2.89 bits per heavy atom. The highest BCUT2D eigenvalue weighted by atomic mass is 79.9. The Morgan fingerprint density at radius 1 is 1.21 bits per heavy atom. The molecule has 1 aromatic heterocycles. The number of fused-ring (bicyclic) bond motifs is 1. The zero-order chi connectivity index (χ0) is 13.4. The minimum Gasteiger partial charge on any atom is -0.331 e. The van der Waals surface area contributed by atoms with Crippen molar-refractivity contribution in [3.05, 3.63) is 51.7 Å². The summed E-state index contributed by atoms with van der Waals surface area (Å²) < 4.78 is 14.9. The third-order valence-electron chi connectivity index (χ3n) is 2.52. The lowest BCUT2D eigenvalue weighted by Gasteiger charge is -2.05. The number of benzene rings is 2. The van der Waals surface area contributed by atoms with Gasteiger partial charge in [-0.1, -0.05) is 22.9 Å². The molecule has 0 aliphatic rings. The molecule has 0 atom stereocenters. The van der Waals surface area contributed by atoms with Crippen molar-refractivity contribution in [3.8, 4) is 0 Å². The average Bonchev–Trinajstić information content (AvgIpc) is 2.75. The highest BCUT2D eigenvalue weighted by Gasteiger charge is 2.07. The number of nitrogens with zero attached hydrogens (tertiary/aromatic N) is 1. The van der Waals surface area contributed by atoms with Crippen LogP contribution >= 0.6 is 38.9 Å². The normalized spacial score (nSPS) is 10.9. The van der Waals surface area contributed by atoms with Crippen molar-refractivity contribution in [2.45, 2.75) is 0 Å². The highest BCUT2D eigenvalue weighted by molar-refractivity contribution is 9.10. The van der Waals surface area contributed by atoms with Crippen LogP contribution in [-0.4, -0.2) is 4.98 Å². The van der Waals surface area contributed by atoms with Crippen LogP contribution in [0.25, 0.3) is 10.2 Å². The van der Waals surface area contributed by atoms with Gasteiger partial charge >= 0.3 is 0 Å². The number of hydrogen-bond donors (Lipinski definition) is 1. The molecule has 0 radical (unpaired) electrons. The van der Waals surface area contributed by atoms with Crippen molar-refractivity contribution >= 4 is 59.9 Å². The molecule has 0 fully saturated rings. The molecule has 0 saturated heterocycles. The summed E-state index contributed by atoms with van der Waals surface area (Å²) in [6.07, 6.45) is 0. The Bertz CT molecular complexity index is 759. The van der Waals surface area contributed by atoms with E-state index in [9.17, 15) is 4.39 Å². The second-order valence-corrected chi connectivity index (χ2v) is 6.20. The van der Waals surface area contributed by atoms with Crippen LogP contribution in [0.2, 0.25) is 5.02 Å². The molecule has 0 bridgehead atoms. The molecule has 3 aromatic rings. The Balaban J connectivity index is 1.98. The molecule has 0 spiro atoms. The van der Waals surface area contributed by atoms with Crippen LogP contribution < -0.4 is 5.32 Å². The molecule has 19 heavy (non-hydrogen) atoms. The minimum absolute atomic E-state index is 0.284. The molecule has 6 heteroatoms. The second kappa shape index (κ2) is 5.07. The van der Waals surface area contributed by atoms with E-state index in [1.54, 1.807) is 18.2 Å². The lowest BCUT2D eigenvalue weighted by atomic mass is 10.3. The molecular weight excluding hydrogens is 351 g/mol. The first kappa shape index (κ1) is 12.8. The monoisotopic (exact) mass is 356 g/mol. The summed E-state index contributed by atoms with van der Waals surface area (Å²) in [4.78, 5) is 4.34. The van der Waals surface area contributed by atoms with Gasteiger partial charge in [-0.3, -0.25) is 0 Å². The maximum absolute atomic E-state index is 13.1. The fourth-order valence-corrected chi connectivity index (χ4v) is 3.04. The number of nitrogens with one attached hydrogen (secondary N) is 1. The predicted octanol–water partition coefficient (Wildman–Crippen LogP) is 5.59. The summed E-state index contributed by atoms with van der Waals surface area (Å²) in [5.74, 6) is -0.284. The van der Waals surface area contributed by atoms with Crippen LogP contribution in [0.3, 0.4) is 0 Å². The van der Waals surface area contributed by atoms with Gasteiger partial charge in [0.1, 0.15) is 5.82 Å². The van der Waals surface area contributed by atoms with E-state index < -0.39 is 0 Å². The van der Waals surface area contributed by atoms with Crippen molar-refractivity contribution in [2.24, 2.45) is 0 Å². The summed E-state index contributed by atoms with van der Waals surface area (Å²) in [5, 5.41) is 4.51. The van der Waals surface area contributed by atoms with Crippen molar-refractivity contribution in [2.75, 3.05) is 5.32 Å². The number of rotatable bonds is 2. The van der Waals surface area contributed by atoms with Crippen LogP contribution in [0.1, 0.15) is 0 Å². The molecule has 1 heterocycles. The Labute approximate surface area is 126 Å². The molecule has 0 unspecified atom stereocenters. The van der Waals surface area contributed by atoms with Crippen molar-refractivity contribution in [1.82, 2.24) is 4.98 Å². The number of hydrogen-bond acceptors (Lipinski definition) is 3. The summed E-state index contributed by atoms with van der Waals surface area (Å²) in [5.41, 5.74) is 1.47. The molecule has 0 saturated carbocycles. The van der Waals surface area contributed by atoms with E-state index in [1.165, 1.54) is 23.5 Å². The van der Waals surface area contributed by atoms with Gasteiger partial charge in [-0.2, -0.15) is 0 Å². The predicted molar refractivity (Wildman–Crippen MR) is 82.0 cm³/mol. The first-order valence-electron chi connectivity index (χ1n) is 5.40. The number of halogens is 3. The first-order chi connectivity index (χ1) is 9.11. The molecule has 2 aromatic carbocycles. The van der Waals surface area contributed by atoms with E-state index >= 15 is 0 Å². The summed E-state index contributed by atoms with van der Waals surface area (Å²) in [7, 11) is 0. The van der Waals surface area contributed by atoms with Gasteiger partial charge in [0, 0.05) is 15.6 Å². The second-order valence-electron chi connectivity index (χ2n) is 3.88. The lowest BCUT2D eigenvalue weighted by molar-refractivity contribution is 0.629. The van der Waals surface area contributed by atoms with Crippen LogP contribution in [0, 0.1) is 5.82 Å². The van der Waals surface area contributed by atoms with Gasteiger partial charge in [-0.15, -0.1) is 0 Å². The van der Waals surface area contributed by atoms with E-state index in [0.717, 1.165) is 14.9 Å². The van der Waals surface area contributed by atoms with Crippen LogP contribution in [-0.2, 0) is 0 Å². The third-order valence-corrected chi connectivity index (χ3v) is 4.40. The van der Waals surface area contributed by atoms with E-state index in [4.69, 9.17) is 11.6 Å². The highest BCUT2D eigenvalue weighted by Crippen LogP contribution is 2.32. The zero-order valence-corrected chi connectivity index (χ0v) is 12.6. The molecule has 2 nitrogen and oxygen atoms in total. The Morgan fingerprint density at radius 2 is 2.05 bits per heavy atom. The van der Waals surface area contributed by atoms with Gasteiger partial charge in [0.25, 0.3) is 0 Å². The fourth-order valence-electron chi connectivity index (χ4n) is 1.66. The molecule has 3 rings (SSSR count). The maximum Gasteiger partial charge on any atom is 0.188 e. The van der Waals surface area contributed by atoms with E-state index in [-0.39, 0.29) is 5.82 Å². The lowest BCUT2D eigenvalue weighted by Crippen LogP contribution is -1.90. The quantitative estimate of drug-likeness (QED) is 0.646. The van der Waals surface area contributed by atoms with Crippen LogP contribution in [0.15, 0.2) is 40.9 Å².